The van der Waals surface area contributed by atoms with Crippen LogP contribution in [0.3, 0.4) is 0 Å². The van der Waals surface area contributed by atoms with E-state index in [2.05, 4.69) is 4.90 Å². The molecule has 2 rings (SSSR count). The molecule has 0 radical (unpaired) electrons. The largest absolute Gasteiger partial charge is 0.477 e. The molecule has 1 aromatic rings. The third-order valence-corrected chi connectivity index (χ3v) is 3.90. The van der Waals surface area contributed by atoms with E-state index < -0.39 is 10.9 Å². The van der Waals surface area contributed by atoms with E-state index in [1.165, 1.54) is 6.07 Å². The zero-order chi connectivity index (χ0) is 15.6. The van der Waals surface area contributed by atoms with E-state index in [1.54, 1.807) is 12.1 Å². The minimum absolute atomic E-state index is 0.260. The summed E-state index contributed by atoms with van der Waals surface area (Å²) < 4.78 is 0. The molecule has 1 aromatic carbocycles. The second kappa shape index (κ2) is 6.09. The van der Waals surface area contributed by atoms with Crippen LogP contribution in [0.25, 0.3) is 0 Å². The number of hydrogen-bond donors (Lipinski definition) is 1. The molecule has 1 saturated heterocycles. The van der Waals surface area contributed by atoms with Gasteiger partial charge in [0, 0.05) is 19.1 Å². The molecule has 1 heterocycles. The van der Waals surface area contributed by atoms with Crippen molar-refractivity contribution in [2.45, 2.75) is 18.9 Å². The number of nitrogens with zero attached hydrogens (tertiary/aromatic N) is 3. The zero-order valence-electron chi connectivity index (χ0n) is 12.2. The van der Waals surface area contributed by atoms with Crippen molar-refractivity contribution in [3.05, 3.63) is 33.9 Å². The van der Waals surface area contributed by atoms with Crippen LogP contribution in [-0.4, -0.2) is 54.1 Å². The van der Waals surface area contributed by atoms with Crippen molar-refractivity contribution < 1.29 is 14.8 Å². The molecule has 21 heavy (non-hydrogen) atoms. The maximum absolute atomic E-state index is 11.3. The summed E-state index contributed by atoms with van der Waals surface area (Å²) in [5.74, 6) is -1.27. The molecule has 0 bridgehead atoms. The summed E-state index contributed by atoms with van der Waals surface area (Å²) in [6.45, 7) is 1.37. The quantitative estimate of drug-likeness (QED) is 0.673. The SMILES string of the molecule is CN(C)C1CCCN(c2cccc(C(=O)O)c2[N+](=O)[O-])C1. The molecule has 0 aliphatic carbocycles. The van der Waals surface area contributed by atoms with E-state index in [0.717, 1.165) is 12.8 Å². The highest BCUT2D eigenvalue weighted by molar-refractivity contribution is 5.95. The van der Waals surface area contributed by atoms with Gasteiger partial charge in [-0.25, -0.2) is 4.79 Å². The fourth-order valence-electron chi connectivity index (χ4n) is 2.75. The van der Waals surface area contributed by atoms with Gasteiger partial charge in [0.25, 0.3) is 0 Å². The van der Waals surface area contributed by atoms with Crippen molar-refractivity contribution in [2.24, 2.45) is 0 Å². The van der Waals surface area contributed by atoms with Crippen molar-refractivity contribution in [1.29, 1.82) is 0 Å². The van der Waals surface area contributed by atoms with Crippen LogP contribution in [0.5, 0.6) is 0 Å². The van der Waals surface area contributed by atoms with Gasteiger partial charge < -0.3 is 14.9 Å². The van der Waals surface area contributed by atoms with Crippen LogP contribution in [0.2, 0.25) is 0 Å². The van der Waals surface area contributed by atoms with Crippen LogP contribution in [-0.2, 0) is 0 Å². The van der Waals surface area contributed by atoms with Gasteiger partial charge >= 0.3 is 11.7 Å². The first-order chi connectivity index (χ1) is 9.91. The Balaban J connectivity index is 2.41. The van der Waals surface area contributed by atoms with E-state index in [4.69, 9.17) is 5.11 Å². The number of likely N-dealkylation sites (N-methyl/N-ethyl adjacent to an activating group) is 1. The standard InChI is InChI=1S/C14H19N3O4/c1-15(2)10-5-4-8-16(9-10)12-7-3-6-11(14(18)19)13(12)17(20)21/h3,6-7,10H,4-5,8-9H2,1-2H3,(H,18,19). The molecule has 1 aliphatic rings. The second-order valence-corrected chi connectivity index (χ2v) is 5.44. The van der Waals surface area contributed by atoms with Gasteiger partial charge in [0.15, 0.2) is 0 Å². The predicted molar refractivity (Wildman–Crippen MR) is 79.0 cm³/mol. The lowest BCUT2D eigenvalue weighted by Gasteiger charge is -2.37. The van der Waals surface area contributed by atoms with E-state index >= 15 is 0 Å². The van der Waals surface area contributed by atoms with Crippen molar-refractivity contribution in [2.75, 3.05) is 32.1 Å². The maximum Gasteiger partial charge on any atom is 0.342 e. The smallest absolute Gasteiger partial charge is 0.342 e. The lowest BCUT2D eigenvalue weighted by atomic mass is 10.0. The highest BCUT2D eigenvalue weighted by Crippen LogP contribution is 2.33. The number of carbonyl (C=O) groups is 1. The van der Waals surface area contributed by atoms with Gasteiger partial charge in [0.2, 0.25) is 0 Å². The van der Waals surface area contributed by atoms with Crippen molar-refractivity contribution in [3.8, 4) is 0 Å². The second-order valence-electron chi connectivity index (χ2n) is 5.44. The number of nitro groups is 1. The number of nitro benzene ring substituents is 1. The van der Waals surface area contributed by atoms with Crippen LogP contribution in [0, 0.1) is 10.1 Å². The average molecular weight is 293 g/mol. The fraction of sp³-hybridized carbons (Fsp3) is 0.500. The van der Waals surface area contributed by atoms with Crippen LogP contribution in [0.1, 0.15) is 23.2 Å². The first-order valence-corrected chi connectivity index (χ1v) is 6.84. The molecular formula is C14H19N3O4. The lowest BCUT2D eigenvalue weighted by molar-refractivity contribution is -0.384. The monoisotopic (exact) mass is 293 g/mol. The number of aromatic carboxylic acids is 1. The Hall–Kier alpha value is -2.15. The Morgan fingerprint density at radius 1 is 1.48 bits per heavy atom. The molecule has 7 heteroatoms. The summed E-state index contributed by atoms with van der Waals surface area (Å²) in [5, 5.41) is 20.5. The molecule has 1 fully saturated rings. The zero-order valence-corrected chi connectivity index (χ0v) is 12.2. The Labute approximate surface area is 122 Å². The lowest BCUT2D eigenvalue weighted by Crippen LogP contribution is -2.45. The molecular weight excluding hydrogens is 274 g/mol. The summed E-state index contributed by atoms with van der Waals surface area (Å²) in [7, 11) is 3.96. The van der Waals surface area contributed by atoms with E-state index in [0.29, 0.717) is 24.8 Å². The molecule has 0 aromatic heterocycles. The molecule has 0 amide bonds. The normalized spacial score (nSPS) is 18.8. The van der Waals surface area contributed by atoms with E-state index in [-0.39, 0.29) is 11.3 Å². The number of carboxylic acid groups (broad SMARTS) is 1. The summed E-state index contributed by atoms with van der Waals surface area (Å²) in [6, 6.07) is 4.78. The Kier molecular flexibility index (Phi) is 4.42. The topological polar surface area (TPSA) is 86.9 Å². The summed E-state index contributed by atoms with van der Waals surface area (Å²) in [4.78, 5) is 25.9. The van der Waals surface area contributed by atoms with Gasteiger partial charge in [-0.1, -0.05) is 6.07 Å². The molecule has 1 atom stereocenters. The Morgan fingerprint density at radius 2 is 2.19 bits per heavy atom. The predicted octanol–water partition coefficient (Wildman–Crippen LogP) is 1.82. The molecule has 1 aliphatic heterocycles. The maximum atomic E-state index is 11.3. The third kappa shape index (κ3) is 3.13. The van der Waals surface area contributed by atoms with E-state index in [1.807, 2.05) is 19.0 Å². The van der Waals surface area contributed by atoms with Crippen molar-refractivity contribution in [3.63, 3.8) is 0 Å². The molecule has 0 spiro atoms. The summed E-state index contributed by atoms with van der Waals surface area (Å²) in [6.07, 6.45) is 1.97. The molecule has 1 N–H and O–H groups in total. The first kappa shape index (κ1) is 15.2. The number of para-hydroxylation sites is 1. The minimum Gasteiger partial charge on any atom is -0.477 e. The number of benzene rings is 1. The van der Waals surface area contributed by atoms with E-state index in [9.17, 15) is 14.9 Å². The molecule has 7 nitrogen and oxygen atoms in total. The summed E-state index contributed by atoms with van der Waals surface area (Å²) >= 11 is 0. The highest BCUT2D eigenvalue weighted by Gasteiger charge is 2.30. The number of hydrogen-bond acceptors (Lipinski definition) is 5. The van der Waals surface area contributed by atoms with Gasteiger partial charge in [-0.15, -0.1) is 0 Å². The molecule has 114 valence electrons. The molecule has 0 saturated carbocycles. The van der Waals surface area contributed by atoms with Crippen molar-refractivity contribution >= 4 is 17.3 Å². The van der Waals surface area contributed by atoms with Crippen molar-refractivity contribution in [1.82, 2.24) is 4.90 Å². The fourth-order valence-corrected chi connectivity index (χ4v) is 2.75. The van der Waals surface area contributed by atoms with Crippen LogP contribution < -0.4 is 4.90 Å². The molecule has 1 unspecified atom stereocenters. The number of piperidine rings is 1. The number of rotatable bonds is 4. The average Bonchev–Trinajstić information content (AvgIpc) is 2.46. The first-order valence-electron chi connectivity index (χ1n) is 6.84. The Bertz CT molecular complexity index is 559. The number of carboxylic acids is 1. The van der Waals surface area contributed by atoms with Crippen LogP contribution in [0.15, 0.2) is 18.2 Å². The van der Waals surface area contributed by atoms with Gasteiger partial charge in [0.05, 0.1) is 4.92 Å². The van der Waals surface area contributed by atoms with Gasteiger partial charge in [0.1, 0.15) is 11.3 Å². The Morgan fingerprint density at radius 3 is 2.76 bits per heavy atom. The van der Waals surface area contributed by atoms with Crippen LogP contribution in [0.4, 0.5) is 11.4 Å². The number of anilines is 1. The minimum atomic E-state index is -1.27. The highest BCUT2D eigenvalue weighted by atomic mass is 16.6. The van der Waals surface area contributed by atoms with Gasteiger partial charge in [-0.3, -0.25) is 10.1 Å². The summed E-state index contributed by atoms with van der Waals surface area (Å²) in [5.41, 5.74) is -0.180. The third-order valence-electron chi connectivity index (χ3n) is 3.90. The van der Waals surface area contributed by atoms with Gasteiger partial charge in [-0.2, -0.15) is 0 Å². The van der Waals surface area contributed by atoms with Gasteiger partial charge in [-0.05, 0) is 39.1 Å². The van der Waals surface area contributed by atoms with Crippen LogP contribution >= 0.6 is 0 Å².